The van der Waals surface area contributed by atoms with E-state index >= 15 is 0 Å². The lowest BCUT2D eigenvalue weighted by molar-refractivity contribution is 0.0946. The topological polar surface area (TPSA) is 83.6 Å². The number of unbranched alkanes of at least 4 members (excludes halogenated alkanes) is 1. The van der Waals surface area contributed by atoms with E-state index in [1.807, 2.05) is 24.3 Å². The van der Waals surface area contributed by atoms with Crippen LogP contribution in [0.4, 0.5) is 0 Å². The van der Waals surface area contributed by atoms with E-state index in [4.69, 9.17) is 23.2 Å². The van der Waals surface area contributed by atoms with Gasteiger partial charge in [0.05, 0.1) is 33.3 Å². The number of benzene rings is 1. The quantitative estimate of drug-likeness (QED) is 0.354. The Hall–Kier alpha value is -2.48. The molecule has 0 saturated heterocycles. The second-order valence-electron chi connectivity index (χ2n) is 6.75. The molecule has 3 heterocycles. The van der Waals surface area contributed by atoms with Crippen molar-refractivity contribution >= 4 is 51.5 Å². The summed E-state index contributed by atoms with van der Waals surface area (Å²) in [5.41, 5.74) is 2.90. The molecule has 0 bridgehead atoms. The molecule has 1 amide bonds. The first kappa shape index (κ1) is 20.8. The lowest BCUT2D eigenvalue weighted by atomic mass is 10.2. The normalized spacial score (nSPS) is 11.1. The molecule has 1 aromatic carbocycles. The third kappa shape index (κ3) is 4.98. The largest absolute Gasteiger partial charge is 0.345 e. The van der Waals surface area contributed by atoms with Gasteiger partial charge in [0.2, 0.25) is 0 Å². The standard InChI is InChI=1S/C21H19Cl2N5OS/c22-13-6-5-11-24-16(13)12-25-21(29)19-20(23)30-18(28-19)10-4-3-9-17-26-14-7-1-2-8-15(14)27-17/h1-2,5-8,11H,3-4,9-10,12H2,(H,25,29)(H,26,27). The van der Waals surface area contributed by atoms with Gasteiger partial charge in [-0.1, -0.05) is 35.3 Å². The molecule has 0 aliphatic rings. The number of carbonyl (C=O) groups excluding carboxylic acids is 1. The molecule has 2 N–H and O–H groups in total. The van der Waals surface area contributed by atoms with Crippen molar-refractivity contribution < 1.29 is 4.79 Å². The fraction of sp³-hybridized carbons (Fsp3) is 0.238. The van der Waals surface area contributed by atoms with E-state index in [1.54, 1.807) is 18.3 Å². The number of thiazole rings is 1. The van der Waals surface area contributed by atoms with Gasteiger partial charge in [-0.3, -0.25) is 9.78 Å². The Morgan fingerprint density at radius 1 is 1.07 bits per heavy atom. The third-order valence-corrected chi connectivity index (χ3v) is 6.25. The number of carbonyl (C=O) groups is 1. The lowest BCUT2D eigenvalue weighted by Crippen LogP contribution is -2.24. The average Bonchev–Trinajstić information content (AvgIpc) is 3.33. The second kappa shape index (κ2) is 9.55. The molecule has 0 saturated carbocycles. The highest BCUT2D eigenvalue weighted by molar-refractivity contribution is 7.16. The van der Waals surface area contributed by atoms with Gasteiger partial charge in [-0.2, -0.15) is 0 Å². The van der Waals surface area contributed by atoms with E-state index in [9.17, 15) is 4.79 Å². The number of halogens is 2. The van der Waals surface area contributed by atoms with Gasteiger partial charge in [0.25, 0.3) is 5.91 Å². The SMILES string of the molecule is O=C(NCc1ncccc1Cl)c1nc(CCCCc2nc3ccccc3[nH]2)sc1Cl. The van der Waals surface area contributed by atoms with Crippen molar-refractivity contribution in [2.24, 2.45) is 0 Å². The van der Waals surface area contributed by atoms with Gasteiger partial charge < -0.3 is 10.3 Å². The molecule has 154 valence electrons. The Kier molecular flexibility index (Phi) is 6.62. The van der Waals surface area contributed by atoms with Crippen LogP contribution in [0.5, 0.6) is 0 Å². The van der Waals surface area contributed by atoms with Crippen molar-refractivity contribution in [2.45, 2.75) is 32.2 Å². The number of rotatable bonds is 8. The Labute approximate surface area is 187 Å². The number of imidazole rings is 1. The molecule has 0 fully saturated rings. The summed E-state index contributed by atoms with van der Waals surface area (Å²) in [6, 6.07) is 11.5. The van der Waals surface area contributed by atoms with Crippen LogP contribution in [0, 0.1) is 0 Å². The van der Waals surface area contributed by atoms with Crippen LogP contribution < -0.4 is 5.32 Å². The zero-order valence-electron chi connectivity index (χ0n) is 16.0. The molecule has 4 rings (SSSR count). The van der Waals surface area contributed by atoms with E-state index in [0.717, 1.165) is 47.5 Å². The maximum absolute atomic E-state index is 12.4. The van der Waals surface area contributed by atoms with Crippen LogP contribution >= 0.6 is 34.5 Å². The Morgan fingerprint density at radius 2 is 1.90 bits per heavy atom. The third-order valence-electron chi connectivity index (χ3n) is 4.59. The first-order valence-electron chi connectivity index (χ1n) is 9.56. The van der Waals surface area contributed by atoms with Crippen molar-refractivity contribution in [3.63, 3.8) is 0 Å². The number of nitrogens with one attached hydrogen (secondary N) is 2. The molecular weight excluding hydrogens is 441 g/mol. The van der Waals surface area contributed by atoms with Crippen LogP contribution in [0.3, 0.4) is 0 Å². The Bertz CT molecular complexity index is 1140. The number of aryl methyl sites for hydroxylation is 2. The van der Waals surface area contributed by atoms with Crippen LogP contribution in [0.15, 0.2) is 42.6 Å². The molecule has 0 aliphatic carbocycles. The number of fused-ring (bicyclic) bond motifs is 1. The van der Waals surface area contributed by atoms with Crippen molar-refractivity contribution in [3.8, 4) is 0 Å². The van der Waals surface area contributed by atoms with Gasteiger partial charge in [0, 0.05) is 12.6 Å². The molecule has 0 radical (unpaired) electrons. The summed E-state index contributed by atoms with van der Waals surface area (Å²) < 4.78 is 0.395. The first-order valence-corrected chi connectivity index (χ1v) is 11.1. The van der Waals surface area contributed by atoms with Gasteiger partial charge in [-0.25, -0.2) is 9.97 Å². The molecule has 6 nitrogen and oxygen atoms in total. The molecule has 0 unspecified atom stereocenters. The number of para-hydroxylation sites is 2. The fourth-order valence-electron chi connectivity index (χ4n) is 3.08. The summed E-state index contributed by atoms with van der Waals surface area (Å²) in [7, 11) is 0. The zero-order chi connectivity index (χ0) is 20.9. The van der Waals surface area contributed by atoms with Crippen molar-refractivity contribution in [2.75, 3.05) is 0 Å². The monoisotopic (exact) mass is 459 g/mol. The lowest BCUT2D eigenvalue weighted by Gasteiger charge is -2.04. The molecule has 0 aliphatic heterocycles. The molecule has 4 aromatic rings. The minimum atomic E-state index is -0.327. The summed E-state index contributed by atoms with van der Waals surface area (Å²) in [6.45, 7) is 0.221. The molecule has 30 heavy (non-hydrogen) atoms. The number of hydrogen-bond acceptors (Lipinski definition) is 5. The number of aromatic nitrogens is 4. The fourth-order valence-corrected chi connectivity index (χ4v) is 4.49. The second-order valence-corrected chi connectivity index (χ2v) is 8.85. The average molecular weight is 460 g/mol. The number of H-pyrrole nitrogens is 1. The highest BCUT2D eigenvalue weighted by Gasteiger charge is 2.17. The molecule has 0 atom stereocenters. The van der Waals surface area contributed by atoms with Crippen LogP contribution in [-0.2, 0) is 19.4 Å². The van der Waals surface area contributed by atoms with Gasteiger partial charge in [0.1, 0.15) is 10.2 Å². The smallest absolute Gasteiger partial charge is 0.272 e. The summed E-state index contributed by atoms with van der Waals surface area (Å²) in [6.07, 6.45) is 5.17. The molecule has 3 aromatic heterocycles. The van der Waals surface area contributed by atoms with Crippen LogP contribution in [0.2, 0.25) is 9.36 Å². The van der Waals surface area contributed by atoms with E-state index in [1.165, 1.54) is 11.3 Å². The van der Waals surface area contributed by atoms with Gasteiger partial charge >= 0.3 is 0 Å². The van der Waals surface area contributed by atoms with Crippen molar-refractivity contribution in [1.82, 2.24) is 25.3 Å². The first-order chi connectivity index (χ1) is 14.6. The van der Waals surface area contributed by atoms with Gasteiger partial charge in [0.15, 0.2) is 5.69 Å². The highest BCUT2D eigenvalue weighted by Crippen LogP contribution is 2.26. The molecule has 9 heteroatoms. The number of aromatic amines is 1. The summed E-state index contributed by atoms with van der Waals surface area (Å²) in [4.78, 5) is 28.9. The summed E-state index contributed by atoms with van der Waals surface area (Å²) in [5, 5.41) is 4.13. The number of nitrogens with zero attached hydrogens (tertiary/aromatic N) is 3. The Balaban J connectivity index is 1.28. The van der Waals surface area contributed by atoms with E-state index in [0.29, 0.717) is 15.1 Å². The minimum absolute atomic E-state index is 0.221. The number of hydrogen-bond donors (Lipinski definition) is 2. The van der Waals surface area contributed by atoms with E-state index < -0.39 is 0 Å². The maximum atomic E-state index is 12.4. The van der Waals surface area contributed by atoms with Gasteiger partial charge in [-0.05, 0) is 43.5 Å². The van der Waals surface area contributed by atoms with E-state index in [2.05, 4.69) is 25.3 Å². The predicted octanol–water partition coefficient (Wildman–Crippen LogP) is 5.22. The van der Waals surface area contributed by atoms with Crippen LogP contribution in [0.1, 0.15) is 39.9 Å². The molecule has 0 spiro atoms. The predicted molar refractivity (Wildman–Crippen MR) is 120 cm³/mol. The van der Waals surface area contributed by atoms with Crippen LogP contribution in [0.25, 0.3) is 11.0 Å². The summed E-state index contributed by atoms with van der Waals surface area (Å²) in [5.74, 6) is 0.660. The Morgan fingerprint density at radius 3 is 2.73 bits per heavy atom. The van der Waals surface area contributed by atoms with Crippen LogP contribution in [-0.4, -0.2) is 25.8 Å². The number of amides is 1. The minimum Gasteiger partial charge on any atom is -0.345 e. The maximum Gasteiger partial charge on any atom is 0.272 e. The van der Waals surface area contributed by atoms with Crippen molar-refractivity contribution in [3.05, 3.63) is 74.2 Å². The van der Waals surface area contributed by atoms with E-state index in [-0.39, 0.29) is 18.1 Å². The summed E-state index contributed by atoms with van der Waals surface area (Å²) >= 11 is 13.7. The highest BCUT2D eigenvalue weighted by atomic mass is 35.5. The van der Waals surface area contributed by atoms with Crippen molar-refractivity contribution in [1.29, 1.82) is 0 Å². The zero-order valence-corrected chi connectivity index (χ0v) is 18.3. The van der Waals surface area contributed by atoms with Gasteiger partial charge in [-0.15, -0.1) is 11.3 Å². The molecular formula is C21H19Cl2N5OS. The number of pyridine rings is 1.